The van der Waals surface area contributed by atoms with E-state index < -0.39 is 52.6 Å². The first-order chi connectivity index (χ1) is 19.1. The first kappa shape index (κ1) is 27.3. The van der Waals surface area contributed by atoms with Gasteiger partial charge in [0.25, 0.3) is 0 Å². The van der Waals surface area contributed by atoms with Gasteiger partial charge in [-0.05, 0) is 12.1 Å². The second kappa shape index (κ2) is 10.0. The molecule has 2 aliphatic rings. The average molecular weight is 569 g/mol. The number of methoxy groups -OCH3 is 3. The standard InChI is InChI=1S/C29H25ClO10/c1-13-9-17(31)22(15(10-21(32)38-4)16-12-39-18-8-6-5-7-14(18)25(16)33)27(34)29(13)28(35)23-19(36-2)11-20(37-3)24(30)26(23)40-29/h5-8,11-13,15,34H,9-10H2,1-4H3/t13-,15-,29+/m1/s1. The molecule has 208 valence electrons. The summed E-state index contributed by atoms with van der Waals surface area (Å²) in [5.74, 6) is -4.73. The predicted octanol–water partition coefficient (Wildman–Crippen LogP) is 4.55. The molecule has 0 bridgehead atoms. The molecule has 2 heterocycles. The average Bonchev–Trinajstić information content (AvgIpc) is 3.26. The van der Waals surface area contributed by atoms with E-state index >= 15 is 0 Å². The van der Waals surface area contributed by atoms with Gasteiger partial charge in [-0.2, -0.15) is 0 Å². The maximum atomic E-state index is 14.1. The van der Waals surface area contributed by atoms with E-state index in [1.54, 1.807) is 31.2 Å². The molecule has 3 atom stereocenters. The van der Waals surface area contributed by atoms with Gasteiger partial charge in [0, 0.05) is 35.5 Å². The molecule has 40 heavy (non-hydrogen) atoms. The lowest BCUT2D eigenvalue weighted by atomic mass is 9.69. The van der Waals surface area contributed by atoms with Gasteiger partial charge in [-0.1, -0.05) is 30.7 Å². The van der Waals surface area contributed by atoms with E-state index in [9.17, 15) is 24.3 Å². The third kappa shape index (κ3) is 3.85. The molecule has 3 aromatic rings. The molecule has 2 aromatic carbocycles. The summed E-state index contributed by atoms with van der Waals surface area (Å²) in [4.78, 5) is 53.7. The Morgan fingerprint density at radius 2 is 1.85 bits per heavy atom. The van der Waals surface area contributed by atoms with Crippen LogP contribution in [0.15, 0.2) is 57.1 Å². The summed E-state index contributed by atoms with van der Waals surface area (Å²) in [7, 11) is 3.88. The number of benzene rings is 2. The zero-order chi connectivity index (χ0) is 28.9. The van der Waals surface area contributed by atoms with Gasteiger partial charge in [-0.3, -0.25) is 19.2 Å². The molecule has 0 saturated heterocycles. The number of aliphatic hydroxyl groups excluding tert-OH is 1. The molecule has 1 aromatic heterocycles. The Bertz CT molecular complexity index is 1670. The van der Waals surface area contributed by atoms with Crippen molar-refractivity contribution in [2.24, 2.45) is 5.92 Å². The van der Waals surface area contributed by atoms with E-state index in [1.165, 1.54) is 20.3 Å². The third-order valence-corrected chi connectivity index (χ3v) is 7.90. The Morgan fingerprint density at radius 3 is 2.52 bits per heavy atom. The van der Waals surface area contributed by atoms with Crippen LogP contribution in [0.3, 0.4) is 0 Å². The number of aliphatic hydroxyl groups is 1. The highest BCUT2D eigenvalue weighted by molar-refractivity contribution is 6.35. The number of Topliss-reactive ketones (excluding diaryl/α,β-unsaturated/α-hetero) is 2. The van der Waals surface area contributed by atoms with Crippen LogP contribution in [0.5, 0.6) is 17.2 Å². The van der Waals surface area contributed by atoms with Gasteiger partial charge in [0.15, 0.2) is 22.7 Å². The molecule has 0 radical (unpaired) electrons. The van der Waals surface area contributed by atoms with Gasteiger partial charge in [0.1, 0.15) is 27.7 Å². The molecule has 1 aliphatic carbocycles. The second-order valence-electron chi connectivity index (χ2n) is 9.61. The van der Waals surface area contributed by atoms with E-state index in [4.69, 9.17) is 35.0 Å². The van der Waals surface area contributed by atoms with Crippen molar-refractivity contribution < 1.29 is 42.9 Å². The van der Waals surface area contributed by atoms with Crippen molar-refractivity contribution in [1.82, 2.24) is 0 Å². The highest BCUT2D eigenvalue weighted by Gasteiger charge is 2.61. The van der Waals surface area contributed by atoms with Crippen LogP contribution < -0.4 is 19.6 Å². The molecular formula is C29H25ClO10. The summed E-state index contributed by atoms with van der Waals surface area (Å²) < 4.78 is 27.3. The van der Waals surface area contributed by atoms with Crippen molar-refractivity contribution in [3.05, 3.63) is 74.3 Å². The summed E-state index contributed by atoms with van der Waals surface area (Å²) in [6.07, 6.45) is 0.411. The summed E-state index contributed by atoms with van der Waals surface area (Å²) in [6, 6.07) is 7.90. The first-order valence-corrected chi connectivity index (χ1v) is 12.7. The number of ketones is 2. The maximum Gasteiger partial charge on any atom is 0.306 e. The summed E-state index contributed by atoms with van der Waals surface area (Å²) in [6.45, 7) is 1.58. The first-order valence-electron chi connectivity index (χ1n) is 12.3. The number of para-hydroxylation sites is 1. The fraction of sp³-hybridized carbons (Fsp3) is 0.310. The summed E-state index contributed by atoms with van der Waals surface area (Å²) in [5.41, 5.74) is -2.71. The Hall–Kier alpha value is -4.31. The Morgan fingerprint density at radius 1 is 1.15 bits per heavy atom. The van der Waals surface area contributed by atoms with Gasteiger partial charge in [-0.15, -0.1) is 0 Å². The molecule has 0 saturated carbocycles. The minimum absolute atomic E-state index is 0.0248. The van der Waals surface area contributed by atoms with Crippen LogP contribution in [-0.4, -0.2) is 49.6 Å². The molecule has 0 amide bonds. The van der Waals surface area contributed by atoms with E-state index in [1.807, 2.05) is 0 Å². The van der Waals surface area contributed by atoms with Crippen molar-refractivity contribution in [2.75, 3.05) is 21.3 Å². The van der Waals surface area contributed by atoms with Crippen LogP contribution in [0.4, 0.5) is 0 Å². The van der Waals surface area contributed by atoms with Gasteiger partial charge >= 0.3 is 5.97 Å². The van der Waals surface area contributed by atoms with Crippen LogP contribution >= 0.6 is 11.6 Å². The highest BCUT2D eigenvalue weighted by atomic mass is 35.5. The molecular weight excluding hydrogens is 544 g/mol. The summed E-state index contributed by atoms with van der Waals surface area (Å²) >= 11 is 6.50. The topological polar surface area (TPSA) is 139 Å². The number of ether oxygens (including phenoxy) is 4. The van der Waals surface area contributed by atoms with Crippen molar-refractivity contribution >= 4 is 40.1 Å². The molecule has 10 nitrogen and oxygen atoms in total. The van der Waals surface area contributed by atoms with E-state index in [0.717, 1.165) is 13.4 Å². The van der Waals surface area contributed by atoms with Gasteiger partial charge in [0.2, 0.25) is 11.4 Å². The number of rotatable bonds is 6. The molecule has 1 N–H and O–H groups in total. The van der Waals surface area contributed by atoms with Crippen LogP contribution in [0.25, 0.3) is 11.0 Å². The zero-order valence-corrected chi connectivity index (χ0v) is 22.8. The number of carbonyl (C=O) groups excluding carboxylic acids is 3. The number of carbonyl (C=O) groups is 3. The monoisotopic (exact) mass is 568 g/mol. The van der Waals surface area contributed by atoms with Crippen molar-refractivity contribution in [2.45, 2.75) is 31.3 Å². The molecule has 0 unspecified atom stereocenters. The largest absolute Gasteiger partial charge is 0.507 e. The lowest BCUT2D eigenvalue weighted by Gasteiger charge is -2.38. The molecule has 5 rings (SSSR count). The lowest BCUT2D eigenvalue weighted by Crippen LogP contribution is -2.53. The fourth-order valence-corrected chi connectivity index (χ4v) is 5.75. The lowest BCUT2D eigenvalue weighted by molar-refractivity contribution is -0.140. The van der Waals surface area contributed by atoms with E-state index in [0.29, 0.717) is 5.58 Å². The highest BCUT2D eigenvalue weighted by Crippen LogP contribution is 2.55. The van der Waals surface area contributed by atoms with Crippen LogP contribution in [0.1, 0.15) is 41.6 Å². The molecule has 1 spiro atoms. The quantitative estimate of drug-likeness (QED) is 0.421. The maximum absolute atomic E-state index is 14.1. The van der Waals surface area contributed by atoms with Gasteiger partial charge in [-0.25, -0.2) is 0 Å². The van der Waals surface area contributed by atoms with Crippen molar-refractivity contribution in [3.63, 3.8) is 0 Å². The van der Waals surface area contributed by atoms with E-state index in [-0.39, 0.29) is 50.8 Å². The Balaban J connectivity index is 1.76. The second-order valence-corrected chi connectivity index (χ2v) is 9.98. The van der Waals surface area contributed by atoms with Crippen molar-refractivity contribution in [3.8, 4) is 17.2 Å². The van der Waals surface area contributed by atoms with Crippen LogP contribution in [0.2, 0.25) is 5.02 Å². The number of esters is 1. The normalized spacial score (nSPS) is 20.9. The molecule has 1 aliphatic heterocycles. The molecule has 0 fully saturated rings. The number of hydrogen-bond acceptors (Lipinski definition) is 10. The third-order valence-electron chi connectivity index (χ3n) is 7.54. The SMILES string of the molecule is COC(=O)C[C@@H](C1=C(O)[C@@]2(Oc3c(Cl)c(OC)cc(OC)c3C2=O)[C@H](C)CC1=O)c1coc2ccccc2c1=O. The zero-order valence-electron chi connectivity index (χ0n) is 22.0. The van der Waals surface area contributed by atoms with Gasteiger partial charge < -0.3 is 28.5 Å². The summed E-state index contributed by atoms with van der Waals surface area (Å²) in [5, 5.41) is 12.0. The van der Waals surface area contributed by atoms with Crippen molar-refractivity contribution in [1.29, 1.82) is 0 Å². The molecule has 11 heteroatoms. The number of halogens is 1. The number of allylic oxidation sites excluding steroid dienone is 1. The predicted molar refractivity (Wildman–Crippen MR) is 143 cm³/mol. The smallest absolute Gasteiger partial charge is 0.306 e. The van der Waals surface area contributed by atoms with Crippen LogP contribution in [-0.2, 0) is 14.3 Å². The van der Waals surface area contributed by atoms with Gasteiger partial charge in [0.05, 0.1) is 39.4 Å². The Labute approximate surface area is 233 Å². The minimum atomic E-state index is -2.08. The minimum Gasteiger partial charge on any atom is -0.507 e. The fourth-order valence-electron chi connectivity index (χ4n) is 5.49. The van der Waals surface area contributed by atoms with Crippen LogP contribution in [0, 0.1) is 5.92 Å². The Kier molecular flexibility index (Phi) is 6.83. The van der Waals surface area contributed by atoms with E-state index in [2.05, 4.69) is 0 Å². The number of hydrogen-bond donors (Lipinski definition) is 1. The number of fused-ring (bicyclic) bond motifs is 2.